The van der Waals surface area contributed by atoms with E-state index < -0.39 is 5.97 Å². The predicted molar refractivity (Wildman–Crippen MR) is 61.6 cm³/mol. The molecule has 17 heavy (non-hydrogen) atoms. The zero-order valence-electron chi connectivity index (χ0n) is 9.56. The minimum Gasteiger partial charge on any atom is -0.481 e. The molecule has 7 nitrogen and oxygen atoms in total. The molecule has 0 aliphatic carbocycles. The van der Waals surface area contributed by atoms with E-state index in [1.165, 1.54) is 6.20 Å². The molecule has 0 radical (unpaired) electrons. The number of aliphatic carboxylic acids is 1. The first kappa shape index (κ1) is 13.0. The van der Waals surface area contributed by atoms with Gasteiger partial charge in [0, 0.05) is 12.7 Å². The van der Waals surface area contributed by atoms with Gasteiger partial charge in [0.25, 0.3) is 0 Å². The number of H-pyrrole nitrogens is 1. The van der Waals surface area contributed by atoms with Crippen LogP contribution < -0.4 is 10.6 Å². The Balaban J connectivity index is 2.10. The average Bonchev–Trinajstić information content (AvgIpc) is 2.76. The number of aromatic nitrogens is 2. The molecule has 0 saturated heterocycles. The van der Waals surface area contributed by atoms with Crippen molar-refractivity contribution in [2.75, 3.05) is 11.9 Å². The first-order valence-corrected chi connectivity index (χ1v) is 5.36. The Kier molecular flexibility index (Phi) is 4.99. The fourth-order valence-electron chi connectivity index (χ4n) is 1.23. The van der Waals surface area contributed by atoms with E-state index in [1.54, 1.807) is 13.1 Å². The first-order valence-electron chi connectivity index (χ1n) is 5.36. The number of urea groups is 1. The van der Waals surface area contributed by atoms with Crippen LogP contribution in [0.3, 0.4) is 0 Å². The van der Waals surface area contributed by atoms with Crippen molar-refractivity contribution < 1.29 is 14.7 Å². The Morgan fingerprint density at radius 1 is 1.59 bits per heavy atom. The minimum atomic E-state index is -0.812. The average molecular weight is 240 g/mol. The van der Waals surface area contributed by atoms with Crippen LogP contribution in [0.5, 0.6) is 0 Å². The van der Waals surface area contributed by atoms with Gasteiger partial charge in [-0.15, -0.1) is 0 Å². The maximum absolute atomic E-state index is 11.3. The van der Waals surface area contributed by atoms with E-state index in [0.29, 0.717) is 25.1 Å². The third-order valence-corrected chi connectivity index (χ3v) is 2.28. The molecule has 1 unspecified atom stereocenters. The molecule has 1 aromatic rings. The summed E-state index contributed by atoms with van der Waals surface area (Å²) in [5.41, 5.74) is 0.585. The molecule has 1 aromatic heterocycles. The van der Waals surface area contributed by atoms with Crippen molar-refractivity contribution in [3.63, 3.8) is 0 Å². The van der Waals surface area contributed by atoms with Crippen molar-refractivity contribution >= 4 is 17.7 Å². The van der Waals surface area contributed by atoms with Gasteiger partial charge in [-0.05, 0) is 12.8 Å². The van der Waals surface area contributed by atoms with Gasteiger partial charge in [-0.2, -0.15) is 5.10 Å². The lowest BCUT2D eigenvalue weighted by Crippen LogP contribution is -2.29. The molecule has 1 atom stereocenters. The summed E-state index contributed by atoms with van der Waals surface area (Å²) in [6, 6.07) is -0.325. The van der Waals surface area contributed by atoms with Gasteiger partial charge in [-0.1, -0.05) is 6.92 Å². The number of carbonyl (C=O) groups is 2. The molecule has 0 spiro atoms. The molecule has 4 N–H and O–H groups in total. The summed E-state index contributed by atoms with van der Waals surface area (Å²) < 4.78 is 0. The summed E-state index contributed by atoms with van der Waals surface area (Å²) in [5.74, 6) is -1.19. The first-order chi connectivity index (χ1) is 8.09. The predicted octanol–water partition coefficient (Wildman–Crippen LogP) is 1.03. The van der Waals surface area contributed by atoms with E-state index in [2.05, 4.69) is 20.8 Å². The molecule has 0 bridgehead atoms. The van der Waals surface area contributed by atoms with Crippen LogP contribution in [0, 0.1) is 5.92 Å². The van der Waals surface area contributed by atoms with Gasteiger partial charge in [0.05, 0.1) is 17.8 Å². The molecule has 94 valence electrons. The smallest absolute Gasteiger partial charge is 0.319 e. The number of rotatable bonds is 6. The topological polar surface area (TPSA) is 107 Å². The number of carboxylic acid groups (broad SMARTS) is 1. The summed E-state index contributed by atoms with van der Waals surface area (Å²) >= 11 is 0. The number of aromatic amines is 1. The lowest BCUT2D eigenvalue weighted by Gasteiger charge is -2.07. The van der Waals surface area contributed by atoms with E-state index >= 15 is 0 Å². The van der Waals surface area contributed by atoms with Crippen molar-refractivity contribution in [1.82, 2.24) is 15.5 Å². The highest BCUT2D eigenvalue weighted by molar-refractivity contribution is 5.88. The lowest BCUT2D eigenvalue weighted by atomic mass is 10.1. The molecule has 1 rings (SSSR count). The van der Waals surface area contributed by atoms with E-state index in [9.17, 15) is 9.59 Å². The Bertz CT molecular complexity index is 364. The number of carbonyl (C=O) groups excluding carboxylic acids is 1. The van der Waals surface area contributed by atoms with Gasteiger partial charge in [0.2, 0.25) is 0 Å². The van der Waals surface area contributed by atoms with E-state index in [4.69, 9.17) is 5.11 Å². The Morgan fingerprint density at radius 3 is 2.94 bits per heavy atom. The summed E-state index contributed by atoms with van der Waals surface area (Å²) in [5, 5.41) is 20.1. The molecule has 0 aromatic carbocycles. The summed E-state index contributed by atoms with van der Waals surface area (Å²) in [4.78, 5) is 21.8. The largest absolute Gasteiger partial charge is 0.481 e. The number of hydrogen-bond acceptors (Lipinski definition) is 3. The van der Waals surface area contributed by atoms with Crippen LogP contribution in [-0.4, -0.2) is 33.8 Å². The van der Waals surface area contributed by atoms with Crippen molar-refractivity contribution in [1.29, 1.82) is 0 Å². The van der Waals surface area contributed by atoms with Crippen molar-refractivity contribution in [2.45, 2.75) is 19.8 Å². The second kappa shape index (κ2) is 6.51. The third kappa shape index (κ3) is 5.01. The van der Waals surface area contributed by atoms with Crippen molar-refractivity contribution in [3.05, 3.63) is 12.4 Å². The standard InChI is InChI=1S/C10H16N4O3/c1-7(9(15)16)3-2-4-11-10(17)14-8-5-12-13-6-8/h5-7H,2-4H2,1H3,(H,12,13)(H,15,16)(H2,11,14,17). The number of nitrogens with zero attached hydrogens (tertiary/aromatic N) is 1. The van der Waals surface area contributed by atoms with Gasteiger partial charge >= 0.3 is 12.0 Å². The molecule has 1 heterocycles. The number of hydrogen-bond donors (Lipinski definition) is 4. The highest BCUT2D eigenvalue weighted by atomic mass is 16.4. The summed E-state index contributed by atoms with van der Waals surface area (Å²) in [6.07, 6.45) is 4.23. The zero-order valence-corrected chi connectivity index (χ0v) is 9.56. The highest BCUT2D eigenvalue weighted by Gasteiger charge is 2.10. The van der Waals surface area contributed by atoms with Gasteiger partial charge < -0.3 is 15.7 Å². The minimum absolute atomic E-state index is 0.325. The molecule has 0 fully saturated rings. The fourth-order valence-corrected chi connectivity index (χ4v) is 1.23. The number of amides is 2. The van der Waals surface area contributed by atoms with Gasteiger partial charge in [0.15, 0.2) is 0 Å². The molecule has 7 heteroatoms. The SMILES string of the molecule is CC(CCCNC(=O)Nc1cn[nH]c1)C(=O)O. The third-order valence-electron chi connectivity index (χ3n) is 2.28. The second-order valence-electron chi connectivity index (χ2n) is 3.75. The Morgan fingerprint density at radius 2 is 2.35 bits per heavy atom. The monoisotopic (exact) mass is 240 g/mol. The second-order valence-corrected chi connectivity index (χ2v) is 3.75. The number of carboxylic acids is 1. The van der Waals surface area contributed by atoms with Gasteiger partial charge in [-0.25, -0.2) is 4.79 Å². The molecule has 0 aliphatic rings. The maximum atomic E-state index is 11.3. The number of nitrogens with one attached hydrogen (secondary N) is 3. The highest BCUT2D eigenvalue weighted by Crippen LogP contribution is 2.04. The van der Waals surface area contributed by atoms with Crippen LogP contribution in [0.15, 0.2) is 12.4 Å². The van der Waals surface area contributed by atoms with Crippen LogP contribution in [0.25, 0.3) is 0 Å². The maximum Gasteiger partial charge on any atom is 0.319 e. The van der Waals surface area contributed by atoms with E-state index in [0.717, 1.165) is 0 Å². The molecular formula is C10H16N4O3. The van der Waals surface area contributed by atoms with Gasteiger partial charge in [-0.3, -0.25) is 9.89 Å². The van der Waals surface area contributed by atoms with Crippen LogP contribution in [0.4, 0.5) is 10.5 Å². The lowest BCUT2D eigenvalue weighted by molar-refractivity contribution is -0.141. The normalized spacial score (nSPS) is 11.8. The molecule has 0 saturated carbocycles. The Hall–Kier alpha value is -2.05. The molecule has 2 amide bonds. The van der Waals surface area contributed by atoms with E-state index in [-0.39, 0.29) is 11.9 Å². The fraction of sp³-hybridized carbons (Fsp3) is 0.500. The Labute approximate surface area is 98.6 Å². The summed E-state index contributed by atoms with van der Waals surface area (Å²) in [6.45, 7) is 2.09. The van der Waals surface area contributed by atoms with Crippen LogP contribution in [0.2, 0.25) is 0 Å². The van der Waals surface area contributed by atoms with Crippen molar-refractivity contribution in [3.8, 4) is 0 Å². The molecular weight excluding hydrogens is 224 g/mol. The van der Waals surface area contributed by atoms with Crippen LogP contribution in [-0.2, 0) is 4.79 Å². The quantitative estimate of drug-likeness (QED) is 0.557. The summed E-state index contributed by atoms with van der Waals surface area (Å²) in [7, 11) is 0. The zero-order chi connectivity index (χ0) is 12.7. The van der Waals surface area contributed by atoms with Crippen molar-refractivity contribution in [2.24, 2.45) is 5.92 Å². The van der Waals surface area contributed by atoms with Crippen LogP contribution >= 0.6 is 0 Å². The van der Waals surface area contributed by atoms with E-state index in [1.807, 2.05) is 0 Å². The van der Waals surface area contributed by atoms with Gasteiger partial charge in [0.1, 0.15) is 0 Å². The molecule has 0 aliphatic heterocycles. The number of anilines is 1. The van der Waals surface area contributed by atoms with Crippen LogP contribution in [0.1, 0.15) is 19.8 Å².